The zero-order chi connectivity index (χ0) is 20.7. The van der Waals surface area contributed by atoms with E-state index >= 15 is 0 Å². The molecule has 10 heteroatoms. The van der Waals surface area contributed by atoms with E-state index in [1.165, 1.54) is 11.6 Å². The van der Waals surface area contributed by atoms with Crippen LogP contribution in [0.4, 0.5) is 0 Å². The van der Waals surface area contributed by atoms with Crippen LogP contribution in [0.2, 0.25) is 0 Å². The van der Waals surface area contributed by atoms with Crippen LogP contribution in [-0.2, 0) is 17.9 Å². The first-order chi connectivity index (χ1) is 13.3. The lowest BCUT2D eigenvalue weighted by atomic mass is 9.76. The lowest BCUT2D eigenvalue weighted by Crippen LogP contribution is -2.65. The molecule has 10 nitrogen and oxygen atoms in total. The number of hydrogen-bond acceptors (Lipinski definition) is 8. The molecular formula is C18H33N5O5. The SMILES string of the molecule is CCCCCCN[C@H]1[C@H](O)[C@H](O)[C@@H](O)[C@H](O)[C@H]1Cn1cc(CNC(C)=O)nn1. The van der Waals surface area contributed by atoms with Crippen molar-refractivity contribution >= 4 is 5.91 Å². The number of carbonyl (C=O) groups is 1. The van der Waals surface area contributed by atoms with E-state index in [4.69, 9.17) is 0 Å². The first-order valence-corrected chi connectivity index (χ1v) is 9.94. The number of unbranched alkanes of at least 4 members (excludes halogenated alkanes) is 3. The maximum absolute atomic E-state index is 11.0. The van der Waals surface area contributed by atoms with Gasteiger partial charge in [-0.15, -0.1) is 5.10 Å². The van der Waals surface area contributed by atoms with Gasteiger partial charge in [-0.1, -0.05) is 31.4 Å². The Morgan fingerprint density at radius 2 is 1.82 bits per heavy atom. The van der Waals surface area contributed by atoms with E-state index in [-0.39, 0.29) is 19.0 Å². The summed E-state index contributed by atoms with van der Waals surface area (Å²) in [5.41, 5.74) is 0.561. The molecule has 1 aromatic heterocycles. The number of hydrogen-bond donors (Lipinski definition) is 6. The van der Waals surface area contributed by atoms with Gasteiger partial charge in [0.15, 0.2) is 0 Å². The standard InChI is InChI=1S/C18H33N5O5/c1-3-4-5-6-7-19-14-13(15(25)17(27)18(28)16(14)26)10-23-9-12(21-22-23)8-20-11(2)24/h9,13-19,25-28H,3-8,10H2,1-2H3,(H,20,24)/t13-,14+,15+,16-,17-,18-/m0/s1. The highest BCUT2D eigenvalue weighted by molar-refractivity contribution is 5.72. The van der Waals surface area contributed by atoms with Gasteiger partial charge in [0.2, 0.25) is 5.91 Å². The average Bonchev–Trinajstić information content (AvgIpc) is 3.12. The molecule has 160 valence electrons. The van der Waals surface area contributed by atoms with Gasteiger partial charge in [0.25, 0.3) is 0 Å². The summed E-state index contributed by atoms with van der Waals surface area (Å²) in [6.45, 7) is 4.61. The molecule has 1 amide bonds. The summed E-state index contributed by atoms with van der Waals surface area (Å²) >= 11 is 0. The third kappa shape index (κ3) is 5.95. The zero-order valence-electron chi connectivity index (χ0n) is 16.5. The topological polar surface area (TPSA) is 153 Å². The van der Waals surface area contributed by atoms with Crippen LogP contribution in [0.25, 0.3) is 0 Å². The molecule has 6 N–H and O–H groups in total. The van der Waals surface area contributed by atoms with Crippen molar-refractivity contribution < 1.29 is 25.2 Å². The van der Waals surface area contributed by atoms with Gasteiger partial charge in [0.1, 0.15) is 17.9 Å². The Bertz CT molecular complexity index is 613. The summed E-state index contributed by atoms with van der Waals surface area (Å²) in [5.74, 6) is -0.750. The number of nitrogens with one attached hydrogen (secondary N) is 2. The Balaban J connectivity index is 2.04. The maximum atomic E-state index is 11.0. The predicted octanol–water partition coefficient (Wildman–Crippen LogP) is -1.47. The number of amides is 1. The van der Waals surface area contributed by atoms with Crippen molar-refractivity contribution in [3.05, 3.63) is 11.9 Å². The lowest BCUT2D eigenvalue weighted by Gasteiger charge is -2.44. The van der Waals surface area contributed by atoms with Crippen molar-refractivity contribution in [2.45, 2.75) is 83.1 Å². The van der Waals surface area contributed by atoms with Crippen molar-refractivity contribution in [2.24, 2.45) is 5.92 Å². The number of rotatable bonds is 10. The van der Waals surface area contributed by atoms with Crippen molar-refractivity contribution in [1.29, 1.82) is 0 Å². The molecule has 0 radical (unpaired) electrons. The van der Waals surface area contributed by atoms with E-state index in [2.05, 4.69) is 27.9 Å². The van der Waals surface area contributed by atoms with Crippen molar-refractivity contribution in [3.63, 3.8) is 0 Å². The first-order valence-electron chi connectivity index (χ1n) is 9.94. The van der Waals surface area contributed by atoms with E-state index in [0.29, 0.717) is 12.2 Å². The largest absolute Gasteiger partial charge is 0.390 e. The molecule has 1 heterocycles. The highest BCUT2D eigenvalue weighted by Gasteiger charge is 2.48. The van der Waals surface area contributed by atoms with Crippen LogP contribution in [0.1, 0.15) is 45.2 Å². The fourth-order valence-electron chi connectivity index (χ4n) is 3.59. The van der Waals surface area contributed by atoms with Crippen molar-refractivity contribution in [2.75, 3.05) is 6.54 Å². The van der Waals surface area contributed by atoms with Gasteiger partial charge in [-0.25, -0.2) is 0 Å². The molecule has 0 saturated heterocycles. The molecule has 1 saturated carbocycles. The second-order valence-corrected chi connectivity index (χ2v) is 7.51. The predicted molar refractivity (Wildman–Crippen MR) is 101 cm³/mol. The third-order valence-corrected chi connectivity index (χ3v) is 5.23. The van der Waals surface area contributed by atoms with Crippen molar-refractivity contribution in [1.82, 2.24) is 25.6 Å². The van der Waals surface area contributed by atoms with Gasteiger partial charge in [0, 0.05) is 25.4 Å². The van der Waals surface area contributed by atoms with Crippen LogP contribution in [0.5, 0.6) is 0 Å². The molecule has 1 aliphatic carbocycles. The zero-order valence-corrected chi connectivity index (χ0v) is 16.5. The molecule has 6 atom stereocenters. The molecule has 1 fully saturated rings. The second-order valence-electron chi connectivity index (χ2n) is 7.51. The van der Waals surface area contributed by atoms with E-state index in [1.807, 2.05) is 0 Å². The molecule has 0 unspecified atom stereocenters. The van der Waals surface area contributed by atoms with Gasteiger partial charge < -0.3 is 31.1 Å². The van der Waals surface area contributed by atoms with Crippen LogP contribution in [0.3, 0.4) is 0 Å². The Hall–Kier alpha value is -1.59. The van der Waals surface area contributed by atoms with Gasteiger partial charge >= 0.3 is 0 Å². The van der Waals surface area contributed by atoms with E-state index in [0.717, 1.165) is 25.7 Å². The van der Waals surface area contributed by atoms with E-state index < -0.39 is 36.4 Å². The minimum Gasteiger partial charge on any atom is -0.390 e. The summed E-state index contributed by atoms with van der Waals surface area (Å²) in [7, 11) is 0. The number of carbonyl (C=O) groups excluding carboxylic acids is 1. The normalized spacial score (nSPS) is 30.4. The van der Waals surface area contributed by atoms with E-state index in [9.17, 15) is 25.2 Å². The van der Waals surface area contributed by atoms with Crippen LogP contribution in [0, 0.1) is 5.92 Å². The van der Waals surface area contributed by atoms with Crippen LogP contribution in [0.15, 0.2) is 6.20 Å². The van der Waals surface area contributed by atoms with Gasteiger partial charge in [-0.3, -0.25) is 9.48 Å². The Morgan fingerprint density at radius 1 is 1.11 bits per heavy atom. The minimum atomic E-state index is -1.44. The molecular weight excluding hydrogens is 366 g/mol. The lowest BCUT2D eigenvalue weighted by molar-refractivity contribution is -0.173. The fourth-order valence-corrected chi connectivity index (χ4v) is 3.59. The van der Waals surface area contributed by atoms with Crippen LogP contribution >= 0.6 is 0 Å². The maximum Gasteiger partial charge on any atom is 0.217 e. The van der Waals surface area contributed by atoms with Gasteiger partial charge in [-0.05, 0) is 13.0 Å². The summed E-state index contributed by atoms with van der Waals surface area (Å²) < 4.78 is 1.51. The highest BCUT2D eigenvalue weighted by Crippen LogP contribution is 2.28. The smallest absolute Gasteiger partial charge is 0.217 e. The van der Waals surface area contributed by atoms with Gasteiger partial charge in [-0.2, -0.15) is 0 Å². The quantitative estimate of drug-likeness (QED) is 0.261. The van der Waals surface area contributed by atoms with Crippen molar-refractivity contribution in [3.8, 4) is 0 Å². The van der Waals surface area contributed by atoms with E-state index in [1.54, 1.807) is 6.20 Å². The summed E-state index contributed by atoms with van der Waals surface area (Å²) in [4.78, 5) is 11.0. The number of aliphatic hydroxyl groups is 4. The molecule has 0 spiro atoms. The summed E-state index contributed by atoms with van der Waals surface area (Å²) in [6, 6.07) is -0.599. The fraction of sp³-hybridized carbons (Fsp3) is 0.833. The van der Waals surface area contributed by atoms with Gasteiger partial charge in [0.05, 0.1) is 24.9 Å². The summed E-state index contributed by atoms with van der Waals surface area (Å²) in [5, 5.41) is 54.9. The molecule has 2 rings (SSSR count). The molecule has 1 aliphatic rings. The third-order valence-electron chi connectivity index (χ3n) is 5.23. The van der Waals surface area contributed by atoms with Crippen LogP contribution in [-0.4, -0.2) is 78.3 Å². The molecule has 0 aliphatic heterocycles. The van der Waals surface area contributed by atoms with Crippen LogP contribution < -0.4 is 10.6 Å². The summed E-state index contributed by atoms with van der Waals surface area (Å²) in [6.07, 6.45) is 0.551. The molecule has 0 bridgehead atoms. The first kappa shape index (κ1) is 22.7. The number of aliphatic hydroxyl groups excluding tert-OH is 4. The number of nitrogens with zero attached hydrogens (tertiary/aromatic N) is 3. The molecule has 28 heavy (non-hydrogen) atoms. The monoisotopic (exact) mass is 399 g/mol. The number of aromatic nitrogens is 3. The Kier molecular flexibility index (Phi) is 8.77. The second kappa shape index (κ2) is 10.8. The molecule has 0 aromatic carbocycles. The minimum absolute atomic E-state index is 0.176. The molecule has 1 aromatic rings. The Labute approximate surface area is 164 Å². The Morgan fingerprint density at radius 3 is 2.50 bits per heavy atom. The average molecular weight is 399 g/mol. The highest BCUT2D eigenvalue weighted by atomic mass is 16.4.